The summed E-state index contributed by atoms with van der Waals surface area (Å²) in [7, 11) is 0. The largest absolute Gasteiger partial charge is 0.507 e. The molecule has 186 valence electrons. The lowest BCUT2D eigenvalue weighted by atomic mass is 9.53. The Labute approximate surface area is 196 Å². The van der Waals surface area contributed by atoms with Crippen LogP contribution >= 0.6 is 0 Å². The van der Waals surface area contributed by atoms with Crippen molar-refractivity contribution < 1.29 is 49.4 Å². The summed E-state index contributed by atoms with van der Waals surface area (Å²) in [4.78, 5) is 36.2. The minimum atomic E-state index is -1.29. The zero-order valence-electron chi connectivity index (χ0n) is 19.8. The van der Waals surface area contributed by atoms with Gasteiger partial charge in [0.25, 0.3) is 0 Å². The number of phenolic OH excluding ortho intramolecular Hbond substituents is 3. The molecule has 10 nitrogen and oxygen atoms in total. The lowest BCUT2D eigenvalue weighted by molar-refractivity contribution is -0.149. The molecule has 0 bridgehead atoms. The topological polar surface area (TPSA) is 171 Å². The van der Waals surface area contributed by atoms with Crippen molar-refractivity contribution in [3.63, 3.8) is 0 Å². The molecule has 3 unspecified atom stereocenters. The quantitative estimate of drug-likeness (QED) is 0.240. The Bertz CT molecular complexity index is 1100. The molecular formula is C24H30O10. The Kier molecular flexibility index (Phi) is 6.34. The number of hydrogen-bond donors (Lipinski definition) is 5. The number of esters is 2. The summed E-state index contributed by atoms with van der Waals surface area (Å²) in [6.45, 7) is 6.42. The molecule has 0 saturated heterocycles. The molecule has 1 saturated carbocycles. The average molecular weight is 478 g/mol. The van der Waals surface area contributed by atoms with Crippen LogP contribution in [0.2, 0.25) is 0 Å². The normalized spacial score (nSPS) is 24.2. The van der Waals surface area contributed by atoms with E-state index < -0.39 is 82.4 Å². The molecule has 3 atom stereocenters. The lowest BCUT2D eigenvalue weighted by Crippen LogP contribution is -2.49. The first-order chi connectivity index (χ1) is 15.7. The standard InChI is InChI=1S/C24H30O10/c1-10(26)33-9-12(8-25)14-17(28)15-16(20(31)18(14)29)24(5)7-13(34-11(2)27)6-23(3,4)22(24)21(32)19(15)30/h12-13,25,28-29,31-32H,6-9H2,1-5H3. The molecule has 10 heteroatoms. The second kappa shape index (κ2) is 8.50. The predicted octanol–water partition coefficient (Wildman–Crippen LogP) is 2.46. The second-order valence-electron chi connectivity index (χ2n) is 9.80. The highest BCUT2D eigenvalue weighted by molar-refractivity contribution is 6.13. The van der Waals surface area contributed by atoms with E-state index in [0.29, 0.717) is 12.0 Å². The maximum absolute atomic E-state index is 13.3. The number of aliphatic hydroxyl groups excluding tert-OH is 2. The number of allylic oxidation sites excluding steroid dienone is 2. The molecule has 0 aliphatic heterocycles. The van der Waals surface area contributed by atoms with Crippen molar-refractivity contribution in [3.8, 4) is 17.2 Å². The van der Waals surface area contributed by atoms with Crippen LogP contribution in [-0.4, -0.2) is 62.6 Å². The van der Waals surface area contributed by atoms with Crippen molar-refractivity contribution in [3.05, 3.63) is 28.0 Å². The first kappa shape index (κ1) is 25.4. The molecule has 0 radical (unpaired) electrons. The highest BCUT2D eigenvalue weighted by atomic mass is 16.5. The number of benzene rings is 1. The van der Waals surface area contributed by atoms with Gasteiger partial charge in [-0.3, -0.25) is 14.4 Å². The Morgan fingerprint density at radius 1 is 1.00 bits per heavy atom. The van der Waals surface area contributed by atoms with Gasteiger partial charge < -0.3 is 35.0 Å². The van der Waals surface area contributed by atoms with Crippen LogP contribution in [0.4, 0.5) is 0 Å². The van der Waals surface area contributed by atoms with E-state index >= 15 is 0 Å². The van der Waals surface area contributed by atoms with Crippen LogP contribution in [0.15, 0.2) is 11.3 Å². The zero-order chi connectivity index (χ0) is 25.7. The maximum atomic E-state index is 13.3. The Balaban J connectivity index is 2.30. The molecule has 0 heterocycles. The number of hydrogen-bond acceptors (Lipinski definition) is 10. The van der Waals surface area contributed by atoms with Gasteiger partial charge in [0.2, 0.25) is 5.78 Å². The van der Waals surface area contributed by atoms with Gasteiger partial charge in [0.1, 0.15) is 18.5 Å². The smallest absolute Gasteiger partial charge is 0.302 e. The van der Waals surface area contributed by atoms with E-state index in [0.717, 1.165) is 6.92 Å². The summed E-state index contributed by atoms with van der Waals surface area (Å²) >= 11 is 0. The fourth-order valence-corrected chi connectivity index (χ4v) is 5.73. The summed E-state index contributed by atoms with van der Waals surface area (Å²) in [5, 5.41) is 53.8. The minimum absolute atomic E-state index is 0.0678. The summed E-state index contributed by atoms with van der Waals surface area (Å²) in [5.41, 5.74) is -2.78. The number of aliphatic hydroxyl groups is 2. The summed E-state index contributed by atoms with van der Waals surface area (Å²) in [6, 6.07) is 0. The van der Waals surface area contributed by atoms with Gasteiger partial charge in [-0.25, -0.2) is 0 Å². The number of phenols is 3. The minimum Gasteiger partial charge on any atom is -0.507 e. The van der Waals surface area contributed by atoms with Crippen LogP contribution in [-0.2, 0) is 24.5 Å². The molecule has 1 fully saturated rings. The van der Waals surface area contributed by atoms with E-state index in [1.807, 2.05) is 0 Å². The second-order valence-corrected chi connectivity index (χ2v) is 9.80. The van der Waals surface area contributed by atoms with Gasteiger partial charge in [-0.1, -0.05) is 20.8 Å². The van der Waals surface area contributed by atoms with Crippen molar-refractivity contribution in [2.45, 2.75) is 64.9 Å². The highest BCUT2D eigenvalue weighted by Crippen LogP contribution is 2.61. The Hall–Kier alpha value is -3.27. The zero-order valence-corrected chi connectivity index (χ0v) is 19.8. The molecule has 0 amide bonds. The predicted molar refractivity (Wildman–Crippen MR) is 118 cm³/mol. The van der Waals surface area contributed by atoms with Crippen LogP contribution in [0, 0.1) is 5.41 Å². The molecule has 0 spiro atoms. The van der Waals surface area contributed by atoms with E-state index in [1.54, 1.807) is 20.8 Å². The number of Topliss-reactive ketones (excluding diaryl/α,β-unsaturated/α-hetero) is 1. The van der Waals surface area contributed by atoms with Crippen molar-refractivity contribution >= 4 is 17.7 Å². The van der Waals surface area contributed by atoms with Crippen LogP contribution in [0.25, 0.3) is 0 Å². The maximum Gasteiger partial charge on any atom is 0.302 e. The van der Waals surface area contributed by atoms with Gasteiger partial charge in [-0.2, -0.15) is 0 Å². The average Bonchev–Trinajstić information content (AvgIpc) is 2.69. The number of carbonyl (C=O) groups excluding carboxylic acids is 3. The van der Waals surface area contributed by atoms with Crippen molar-refractivity contribution in [1.29, 1.82) is 0 Å². The molecule has 2 aliphatic carbocycles. The Morgan fingerprint density at radius 2 is 1.62 bits per heavy atom. The number of fused-ring (bicyclic) bond motifs is 3. The van der Waals surface area contributed by atoms with E-state index in [-0.39, 0.29) is 17.5 Å². The molecule has 1 aromatic carbocycles. The molecule has 0 aromatic heterocycles. The number of aromatic hydroxyl groups is 3. The fraction of sp³-hybridized carbons (Fsp3) is 0.542. The molecular weight excluding hydrogens is 448 g/mol. The third kappa shape index (κ3) is 3.85. The van der Waals surface area contributed by atoms with E-state index in [2.05, 4.69) is 0 Å². The summed E-state index contributed by atoms with van der Waals surface area (Å²) in [6.07, 6.45) is -0.262. The SMILES string of the molecule is CC(=O)OCC(CO)c1c(O)c(O)c2c(c1O)C(=O)C(O)=C1C(C)(C)CC(OC(C)=O)CC12C. The van der Waals surface area contributed by atoms with Crippen LogP contribution in [0.5, 0.6) is 17.2 Å². The third-order valence-electron chi connectivity index (χ3n) is 6.74. The molecule has 3 rings (SSSR count). The molecule has 5 N–H and O–H groups in total. The number of rotatable bonds is 5. The van der Waals surface area contributed by atoms with Gasteiger partial charge in [-0.05, 0) is 23.8 Å². The molecule has 2 aliphatic rings. The van der Waals surface area contributed by atoms with E-state index in [1.165, 1.54) is 6.92 Å². The Morgan fingerprint density at radius 3 is 2.15 bits per heavy atom. The van der Waals surface area contributed by atoms with Gasteiger partial charge in [0, 0.05) is 36.3 Å². The third-order valence-corrected chi connectivity index (χ3v) is 6.74. The first-order valence-corrected chi connectivity index (χ1v) is 10.9. The van der Waals surface area contributed by atoms with E-state index in [9.17, 15) is 39.9 Å². The monoisotopic (exact) mass is 478 g/mol. The van der Waals surface area contributed by atoms with E-state index in [4.69, 9.17) is 9.47 Å². The van der Waals surface area contributed by atoms with Crippen LogP contribution in [0.3, 0.4) is 0 Å². The van der Waals surface area contributed by atoms with Gasteiger partial charge in [0.05, 0.1) is 12.2 Å². The molecule has 34 heavy (non-hydrogen) atoms. The molecule has 1 aromatic rings. The van der Waals surface area contributed by atoms with Gasteiger partial charge in [-0.15, -0.1) is 0 Å². The van der Waals surface area contributed by atoms with Crippen molar-refractivity contribution in [1.82, 2.24) is 0 Å². The van der Waals surface area contributed by atoms with Gasteiger partial charge >= 0.3 is 11.9 Å². The van der Waals surface area contributed by atoms with Crippen molar-refractivity contribution in [2.75, 3.05) is 13.2 Å². The number of carbonyl (C=O) groups is 3. The van der Waals surface area contributed by atoms with Crippen molar-refractivity contribution in [2.24, 2.45) is 5.41 Å². The number of ether oxygens (including phenoxy) is 2. The summed E-state index contributed by atoms with van der Waals surface area (Å²) < 4.78 is 10.3. The first-order valence-electron chi connectivity index (χ1n) is 10.9. The fourth-order valence-electron chi connectivity index (χ4n) is 5.73. The lowest BCUT2D eigenvalue weighted by Gasteiger charge is -2.51. The highest BCUT2D eigenvalue weighted by Gasteiger charge is 2.56. The number of ketones is 1. The summed E-state index contributed by atoms with van der Waals surface area (Å²) in [5.74, 6) is -6.17. The van der Waals surface area contributed by atoms with Gasteiger partial charge in [0.15, 0.2) is 17.3 Å². The van der Waals surface area contributed by atoms with Crippen LogP contribution in [0.1, 0.15) is 74.9 Å². The van der Waals surface area contributed by atoms with Crippen LogP contribution < -0.4 is 0 Å².